The molecule has 0 aromatic heterocycles. The Hall–Kier alpha value is -1.53. The minimum Gasteiger partial charge on any atom is -0.382 e. The summed E-state index contributed by atoms with van der Waals surface area (Å²) in [6, 6.07) is 4.03. The molecule has 0 radical (unpaired) electrons. The first kappa shape index (κ1) is 19.2. The van der Waals surface area contributed by atoms with Gasteiger partial charge in [-0.25, -0.2) is 0 Å². The molecule has 0 atom stereocenters. The number of aryl methyl sites for hydroxylation is 3. The van der Waals surface area contributed by atoms with E-state index in [-0.39, 0.29) is 5.12 Å². The minimum atomic E-state index is -3.94. The lowest BCUT2D eigenvalue weighted by atomic mass is 9.83. The fourth-order valence-corrected chi connectivity index (χ4v) is 6.08. The van der Waals surface area contributed by atoms with Gasteiger partial charge in [-0.05, 0) is 50.3 Å². The van der Waals surface area contributed by atoms with Gasteiger partial charge in [0.1, 0.15) is 5.76 Å². The molecule has 1 fully saturated rings. The van der Waals surface area contributed by atoms with Gasteiger partial charge >= 0.3 is 10.1 Å². The van der Waals surface area contributed by atoms with Crippen LogP contribution in [-0.4, -0.2) is 18.3 Å². The largest absolute Gasteiger partial charge is 0.382 e. The van der Waals surface area contributed by atoms with Crippen molar-refractivity contribution in [3.8, 4) is 0 Å². The van der Waals surface area contributed by atoms with Crippen LogP contribution < -0.4 is 0 Å². The molecule has 2 aliphatic rings. The van der Waals surface area contributed by atoms with E-state index in [2.05, 4.69) is 6.58 Å². The topological polar surface area (TPSA) is 60.4 Å². The van der Waals surface area contributed by atoms with E-state index in [1.54, 1.807) is 0 Å². The third-order valence-electron chi connectivity index (χ3n) is 5.12. The van der Waals surface area contributed by atoms with Crippen LogP contribution in [0.4, 0.5) is 0 Å². The molecule has 1 spiro atoms. The monoisotopic (exact) mass is 392 g/mol. The lowest BCUT2D eigenvalue weighted by molar-refractivity contribution is -0.106. The smallest absolute Gasteiger partial charge is 0.331 e. The molecule has 4 nitrogen and oxygen atoms in total. The van der Waals surface area contributed by atoms with Gasteiger partial charge in [0, 0.05) is 0 Å². The van der Waals surface area contributed by atoms with Crippen LogP contribution in [0.25, 0.3) is 5.57 Å². The van der Waals surface area contributed by atoms with Crippen LogP contribution >= 0.6 is 11.8 Å². The highest BCUT2D eigenvalue weighted by Crippen LogP contribution is 2.56. The quantitative estimate of drug-likeness (QED) is 0.690. The van der Waals surface area contributed by atoms with Crippen molar-refractivity contribution in [3.05, 3.63) is 52.1 Å². The molecule has 26 heavy (non-hydrogen) atoms. The molecule has 1 aromatic carbocycles. The Labute approximate surface area is 159 Å². The molecule has 1 aliphatic heterocycles. The van der Waals surface area contributed by atoms with Gasteiger partial charge < -0.3 is 4.18 Å². The maximum atomic E-state index is 13.0. The van der Waals surface area contributed by atoms with E-state index in [0.29, 0.717) is 11.3 Å². The van der Waals surface area contributed by atoms with Crippen molar-refractivity contribution in [2.24, 2.45) is 0 Å². The number of hydrogen-bond acceptors (Lipinski definition) is 5. The maximum absolute atomic E-state index is 13.0. The van der Waals surface area contributed by atoms with Crippen LogP contribution in [0.15, 0.2) is 29.9 Å². The molecule has 3 rings (SSSR count). The van der Waals surface area contributed by atoms with Gasteiger partial charge in [0.05, 0.1) is 15.7 Å². The molecule has 0 bridgehead atoms. The van der Waals surface area contributed by atoms with Gasteiger partial charge in [0.15, 0.2) is 0 Å². The van der Waals surface area contributed by atoms with Crippen molar-refractivity contribution in [2.45, 2.75) is 57.6 Å². The highest BCUT2D eigenvalue weighted by atomic mass is 32.2. The van der Waals surface area contributed by atoms with Crippen molar-refractivity contribution in [1.82, 2.24) is 0 Å². The van der Waals surface area contributed by atoms with Crippen molar-refractivity contribution in [2.75, 3.05) is 0 Å². The summed E-state index contributed by atoms with van der Waals surface area (Å²) in [5.74, 6) is 0.308. The van der Waals surface area contributed by atoms with Crippen LogP contribution in [-0.2, 0) is 19.1 Å². The molecular weight excluding hydrogens is 368 g/mol. The summed E-state index contributed by atoms with van der Waals surface area (Å²) in [6.45, 7) is 9.25. The first-order valence-electron chi connectivity index (χ1n) is 8.82. The van der Waals surface area contributed by atoms with E-state index in [4.69, 9.17) is 4.18 Å². The molecule has 0 unspecified atom stereocenters. The second-order valence-electron chi connectivity index (χ2n) is 7.17. The molecule has 0 saturated heterocycles. The SMILES string of the molecule is C=CS(=O)(=O)OC1=C(c2c(C)cc(C)cc2C)C(=O)SC12CCCCC2. The zero-order chi connectivity index (χ0) is 19.1. The number of carbonyl (C=O) groups is 1. The summed E-state index contributed by atoms with van der Waals surface area (Å²) in [7, 11) is -3.94. The Kier molecular flexibility index (Phi) is 5.10. The first-order chi connectivity index (χ1) is 12.2. The fraction of sp³-hybridized carbons (Fsp3) is 0.450. The van der Waals surface area contributed by atoms with E-state index >= 15 is 0 Å². The molecule has 1 heterocycles. The van der Waals surface area contributed by atoms with E-state index in [1.165, 1.54) is 11.8 Å². The van der Waals surface area contributed by atoms with Crippen molar-refractivity contribution in [1.29, 1.82) is 0 Å². The van der Waals surface area contributed by atoms with Crippen molar-refractivity contribution >= 4 is 32.6 Å². The Morgan fingerprint density at radius 3 is 2.23 bits per heavy atom. The molecule has 1 aromatic rings. The summed E-state index contributed by atoms with van der Waals surface area (Å²) in [5.41, 5.74) is 4.23. The molecule has 1 aliphatic carbocycles. The van der Waals surface area contributed by atoms with E-state index < -0.39 is 14.9 Å². The van der Waals surface area contributed by atoms with Gasteiger partial charge in [-0.2, -0.15) is 8.42 Å². The lowest BCUT2D eigenvalue weighted by Gasteiger charge is -2.33. The summed E-state index contributed by atoms with van der Waals surface area (Å²) in [4.78, 5) is 13.0. The van der Waals surface area contributed by atoms with Crippen LogP contribution in [0.2, 0.25) is 0 Å². The van der Waals surface area contributed by atoms with Crippen LogP contribution in [0.5, 0.6) is 0 Å². The number of rotatable bonds is 4. The number of hydrogen-bond donors (Lipinski definition) is 0. The Morgan fingerprint density at radius 1 is 1.12 bits per heavy atom. The predicted molar refractivity (Wildman–Crippen MR) is 106 cm³/mol. The molecule has 0 N–H and O–H groups in total. The highest BCUT2D eigenvalue weighted by Gasteiger charge is 2.50. The van der Waals surface area contributed by atoms with E-state index in [1.807, 2.05) is 32.9 Å². The zero-order valence-electron chi connectivity index (χ0n) is 15.4. The summed E-state index contributed by atoms with van der Waals surface area (Å²) < 4.78 is 29.3. The third-order valence-corrected chi connectivity index (χ3v) is 7.31. The van der Waals surface area contributed by atoms with Crippen LogP contribution in [0.1, 0.15) is 54.4 Å². The lowest BCUT2D eigenvalue weighted by Crippen LogP contribution is -2.30. The fourth-order valence-electron chi connectivity index (χ4n) is 4.11. The molecule has 140 valence electrons. The van der Waals surface area contributed by atoms with Crippen molar-refractivity contribution < 1.29 is 17.4 Å². The second kappa shape index (κ2) is 6.89. The summed E-state index contributed by atoms with van der Waals surface area (Å²) in [5, 5.41) is 0.701. The summed E-state index contributed by atoms with van der Waals surface area (Å²) >= 11 is 1.24. The Bertz CT molecular complexity index is 881. The van der Waals surface area contributed by atoms with Crippen molar-refractivity contribution in [3.63, 3.8) is 0 Å². The standard InChI is InChI=1S/C20H24O4S2/c1-5-26(22,23)24-18-17(16-14(3)11-13(2)12-15(16)4)19(21)25-20(18)9-7-6-8-10-20/h5,11-12H,1,6-10H2,2-4H3. The van der Waals surface area contributed by atoms with Gasteiger partial charge in [-0.15, -0.1) is 0 Å². The number of thioether (sulfide) groups is 1. The Balaban J connectivity index is 2.27. The minimum absolute atomic E-state index is 0.101. The first-order valence-corrected chi connectivity index (χ1v) is 11.1. The van der Waals surface area contributed by atoms with E-state index in [9.17, 15) is 13.2 Å². The second-order valence-corrected chi connectivity index (χ2v) is 10.0. The van der Waals surface area contributed by atoms with Gasteiger partial charge in [-0.1, -0.05) is 55.3 Å². The predicted octanol–water partition coefficient (Wildman–Crippen LogP) is 4.79. The Morgan fingerprint density at radius 2 is 1.69 bits per heavy atom. The van der Waals surface area contributed by atoms with Gasteiger partial charge in [0.2, 0.25) is 5.12 Å². The summed E-state index contributed by atoms with van der Waals surface area (Å²) in [6.07, 6.45) is 4.51. The highest BCUT2D eigenvalue weighted by molar-refractivity contribution is 8.16. The van der Waals surface area contributed by atoms with Gasteiger partial charge in [0.25, 0.3) is 0 Å². The molecule has 6 heteroatoms. The molecular formula is C20H24O4S2. The zero-order valence-corrected chi connectivity index (χ0v) is 17.1. The average molecular weight is 393 g/mol. The number of benzene rings is 1. The van der Waals surface area contributed by atoms with Crippen LogP contribution in [0, 0.1) is 20.8 Å². The normalized spacial score (nSPS) is 19.9. The molecule has 1 saturated carbocycles. The third kappa shape index (κ3) is 3.37. The van der Waals surface area contributed by atoms with Gasteiger partial charge in [-0.3, -0.25) is 4.79 Å². The number of carbonyl (C=O) groups excluding carboxylic acids is 1. The van der Waals surface area contributed by atoms with Crippen LogP contribution in [0.3, 0.4) is 0 Å². The molecule has 0 amide bonds. The van der Waals surface area contributed by atoms with E-state index in [0.717, 1.165) is 59.8 Å². The average Bonchev–Trinajstić information content (AvgIpc) is 2.79. The maximum Gasteiger partial charge on any atom is 0.331 e.